The number of nitrogens with zero attached hydrogens (tertiary/aromatic N) is 2. The van der Waals surface area contributed by atoms with E-state index in [2.05, 4.69) is 15.7 Å². The molecule has 0 saturated heterocycles. The number of amides is 1. The SMILES string of the molecule is COCCNC(=O)C(C)NCc1c(Cl)c(C)nn1C. The number of aromatic nitrogens is 2. The first-order chi connectivity index (χ1) is 8.97. The van der Waals surface area contributed by atoms with Crippen molar-refractivity contribution in [2.75, 3.05) is 20.3 Å². The van der Waals surface area contributed by atoms with Gasteiger partial charge in [0.2, 0.25) is 5.91 Å². The largest absolute Gasteiger partial charge is 0.383 e. The average molecular weight is 289 g/mol. The molecule has 0 fully saturated rings. The molecule has 1 rings (SSSR count). The first kappa shape index (κ1) is 15.9. The molecule has 1 heterocycles. The van der Waals surface area contributed by atoms with Gasteiger partial charge in [0.15, 0.2) is 0 Å². The minimum absolute atomic E-state index is 0.0629. The van der Waals surface area contributed by atoms with Crippen molar-refractivity contribution < 1.29 is 9.53 Å². The van der Waals surface area contributed by atoms with Crippen LogP contribution in [0.1, 0.15) is 18.3 Å². The van der Waals surface area contributed by atoms with Gasteiger partial charge in [0.1, 0.15) is 0 Å². The van der Waals surface area contributed by atoms with Gasteiger partial charge < -0.3 is 15.4 Å². The van der Waals surface area contributed by atoms with Gasteiger partial charge in [0, 0.05) is 27.2 Å². The third kappa shape index (κ3) is 4.49. The number of hydrogen-bond donors (Lipinski definition) is 2. The van der Waals surface area contributed by atoms with Gasteiger partial charge in [0.05, 0.1) is 29.1 Å². The summed E-state index contributed by atoms with van der Waals surface area (Å²) in [6.45, 7) is 5.17. The van der Waals surface area contributed by atoms with E-state index >= 15 is 0 Å². The molecule has 0 aliphatic rings. The van der Waals surface area contributed by atoms with Crippen molar-refractivity contribution in [1.29, 1.82) is 0 Å². The van der Waals surface area contributed by atoms with E-state index < -0.39 is 0 Å². The van der Waals surface area contributed by atoms with Crippen LogP contribution in [0, 0.1) is 6.92 Å². The summed E-state index contributed by atoms with van der Waals surface area (Å²) in [7, 11) is 3.43. The summed E-state index contributed by atoms with van der Waals surface area (Å²) >= 11 is 6.14. The number of aryl methyl sites for hydroxylation is 2. The molecular formula is C12H21ClN4O2. The summed E-state index contributed by atoms with van der Waals surface area (Å²) in [6.07, 6.45) is 0. The quantitative estimate of drug-likeness (QED) is 0.722. The molecule has 1 aromatic heterocycles. The Morgan fingerprint density at radius 3 is 2.79 bits per heavy atom. The molecule has 0 saturated carbocycles. The predicted molar refractivity (Wildman–Crippen MR) is 74.1 cm³/mol. The van der Waals surface area contributed by atoms with Crippen LogP contribution in [-0.2, 0) is 23.1 Å². The highest BCUT2D eigenvalue weighted by molar-refractivity contribution is 6.31. The zero-order valence-electron chi connectivity index (χ0n) is 11.8. The van der Waals surface area contributed by atoms with Crippen LogP contribution in [0.2, 0.25) is 5.02 Å². The Morgan fingerprint density at radius 2 is 2.26 bits per heavy atom. The van der Waals surface area contributed by atoms with E-state index in [0.717, 1.165) is 11.4 Å². The highest BCUT2D eigenvalue weighted by Gasteiger charge is 2.15. The molecule has 6 nitrogen and oxygen atoms in total. The molecule has 0 aliphatic heterocycles. The molecule has 19 heavy (non-hydrogen) atoms. The predicted octanol–water partition coefficient (Wildman–Crippen LogP) is 0.623. The van der Waals surface area contributed by atoms with Crippen LogP contribution in [0.15, 0.2) is 0 Å². The van der Waals surface area contributed by atoms with Crippen LogP contribution in [0.3, 0.4) is 0 Å². The number of carbonyl (C=O) groups excluding carboxylic acids is 1. The van der Waals surface area contributed by atoms with Crippen molar-refractivity contribution in [3.63, 3.8) is 0 Å². The molecule has 2 N–H and O–H groups in total. The van der Waals surface area contributed by atoms with Crippen LogP contribution in [0.25, 0.3) is 0 Å². The molecule has 1 atom stereocenters. The standard InChI is InChI=1S/C12H21ClN4O2/c1-8-11(13)10(17(3)16-8)7-15-9(2)12(18)14-5-6-19-4/h9,15H,5-7H2,1-4H3,(H,14,18). The summed E-state index contributed by atoms with van der Waals surface area (Å²) in [5, 5.41) is 10.8. The van der Waals surface area contributed by atoms with E-state index in [1.54, 1.807) is 18.7 Å². The molecule has 1 amide bonds. The smallest absolute Gasteiger partial charge is 0.236 e. The lowest BCUT2D eigenvalue weighted by atomic mass is 10.3. The second-order valence-electron chi connectivity index (χ2n) is 4.36. The first-order valence-electron chi connectivity index (χ1n) is 6.15. The van der Waals surface area contributed by atoms with E-state index in [0.29, 0.717) is 24.7 Å². The summed E-state index contributed by atoms with van der Waals surface area (Å²) in [5.74, 6) is -0.0629. The molecule has 108 valence electrons. The number of methoxy groups -OCH3 is 1. The maximum Gasteiger partial charge on any atom is 0.236 e. The number of hydrogen-bond acceptors (Lipinski definition) is 4. The van der Waals surface area contributed by atoms with Gasteiger partial charge >= 0.3 is 0 Å². The van der Waals surface area contributed by atoms with Crippen molar-refractivity contribution in [3.05, 3.63) is 16.4 Å². The van der Waals surface area contributed by atoms with Crippen LogP contribution >= 0.6 is 11.6 Å². The normalized spacial score (nSPS) is 12.5. The number of rotatable bonds is 7. The molecule has 7 heteroatoms. The van der Waals surface area contributed by atoms with E-state index in [-0.39, 0.29) is 11.9 Å². The van der Waals surface area contributed by atoms with E-state index in [1.807, 2.05) is 14.0 Å². The number of halogens is 1. The first-order valence-corrected chi connectivity index (χ1v) is 6.53. The second kappa shape index (κ2) is 7.47. The van der Waals surface area contributed by atoms with Crippen molar-refractivity contribution in [1.82, 2.24) is 20.4 Å². The zero-order valence-corrected chi connectivity index (χ0v) is 12.5. The van der Waals surface area contributed by atoms with Gasteiger partial charge in [-0.25, -0.2) is 0 Å². The van der Waals surface area contributed by atoms with Gasteiger partial charge in [0.25, 0.3) is 0 Å². The summed E-state index contributed by atoms with van der Waals surface area (Å²) < 4.78 is 6.59. The Bertz CT molecular complexity index is 434. The Morgan fingerprint density at radius 1 is 1.58 bits per heavy atom. The molecule has 1 unspecified atom stereocenters. The van der Waals surface area contributed by atoms with Crippen LogP contribution in [0.5, 0.6) is 0 Å². The molecule has 0 bridgehead atoms. The van der Waals surface area contributed by atoms with Gasteiger partial charge in [-0.2, -0.15) is 5.10 Å². The number of nitrogens with one attached hydrogen (secondary N) is 2. The van der Waals surface area contributed by atoms with Crippen LogP contribution in [0.4, 0.5) is 0 Å². The van der Waals surface area contributed by atoms with E-state index in [4.69, 9.17) is 16.3 Å². The van der Waals surface area contributed by atoms with E-state index in [9.17, 15) is 4.79 Å². The second-order valence-corrected chi connectivity index (χ2v) is 4.73. The fourth-order valence-electron chi connectivity index (χ4n) is 1.64. The van der Waals surface area contributed by atoms with Crippen LogP contribution < -0.4 is 10.6 Å². The zero-order chi connectivity index (χ0) is 14.4. The fraction of sp³-hybridized carbons (Fsp3) is 0.667. The molecule has 0 radical (unpaired) electrons. The van der Waals surface area contributed by atoms with E-state index in [1.165, 1.54) is 0 Å². The minimum atomic E-state index is -0.303. The lowest BCUT2D eigenvalue weighted by molar-refractivity contribution is -0.123. The average Bonchev–Trinajstić information content (AvgIpc) is 2.61. The lowest BCUT2D eigenvalue weighted by Gasteiger charge is -2.14. The number of ether oxygens (including phenoxy) is 1. The molecule has 0 spiro atoms. The monoisotopic (exact) mass is 288 g/mol. The fourth-order valence-corrected chi connectivity index (χ4v) is 1.87. The summed E-state index contributed by atoms with van der Waals surface area (Å²) in [5.41, 5.74) is 1.66. The van der Waals surface area contributed by atoms with Crippen molar-refractivity contribution in [2.45, 2.75) is 26.4 Å². The maximum absolute atomic E-state index is 11.7. The van der Waals surface area contributed by atoms with Crippen molar-refractivity contribution in [3.8, 4) is 0 Å². The molecular weight excluding hydrogens is 268 g/mol. The Labute approximate surface area is 118 Å². The third-order valence-electron chi connectivity index (χ3n) is 2.84. The summed E-state index contributed by atoms with van der Waals surface area (Å²) in [6, 6.07) is -0.303. The maximum atomic E-state index is 11.7. The van der Waals surface area contributed by atoms with Gasteiger partial charge in [-0.15, -0.1) is 0 Å². The summed E-state index contributed by atoms with van der Waals surface area (Å²) in [4.78, 5) is 11.7. The van der Waals surface area contributed by atoms with Crippen LogP contribution in [-0.4, -0.2) is 42.0 Å². The highest BCUT2D eigenvalue weighted by Crippen LogP contribution is 2.18. The van der Waals surface area contributed by atoms with Gasteiger partial charge in [-0.05, 0) is 13.8 Å². The Kier molecular flexibility index (Phi) is 6.27. The Hall–Kier alpha value is -1.11. The lowest BCUT2D eigenvalue weighted by Crippen LogP contribution is -2.43. The van der Waals surface area contributed by atoms with Crippen molar-refractivity contribution >= 4 is 17.5 Å². The minimum Gasteiger partial charge on any atom is -0.383 e. The molecule has 0 aromatic carbocycles. The molecule has 0 aliphatic carbocycles. The highest BCUT2D eigenvalue weighted by atomic mass is 35.5. The molecule has 1 aromatic rings. The third-order valence-corrected chi connectivity index (χ3v) is 3.33. The van der Waals surface area contributed by atoms with Gasteiger partial charge in [-0.1, -0.05) is 11.6 Å². The Balaban J connectivity index is 2.45. The number of carbonyl (C=O) groups is 1. The van der Waals surface area contributed by atoms with Gasteiger partial charge in [-0.3, -0.25) is 9.48 Å². The van der Waals surface area contributed by atoms with Crippen molar-refractivity contribution in [2.24, 2.45) is 7.05 Å². The topological polar surface area (TPSA) is 68.2 Å².